The third-order valence-electron chi connectivity index (χ3n) is 3.13. The van der Waals surface area contributed by atoms with Gasteiger partial charge in [0, 0.05) is 10.6 Å². The van der Waals surface area contributed by atoms with Crippen molar-refractivity contribution < 1.29 is 9.84 Å². The number of hydrogen-bond donors (Lipinski definition) is 1. The van der Waals surface area contributed by atoms with E-state index in [-0.39, 0.29) is 0 Å². The van der Waals surface area contributed by atoms with Crippen molar-refractivity contribution in [3.8, 4) is 5.75 Å². The molecule has 1 rings (SSSR count). The molecule has 0 bridgehead atoms. The Bertz CT molecular complexity index is 352. The van der Waals surface area contributed by atoms with Gasteiger partial charge in [0.1, 0.15) is 5.75 Å². The van der Waals surface area contributed by atoms with Gasteiger partial charge >= 0.3 is 0 Å². The Hall–Kier alpha value is -0.730. The van der Waals surface area contributed by atoms with E-state index in [1.807, 2.05) is 0 Å². The Morgan fingerprint density at radius 2 is 1.94 bits per heavy atom. The normalized spacial score (nSPS) is 12.4. The van der Waals surface area contributed by atoms with Gasteiger partial charge in [0.25, 0.3) is 0 Å². The molecule has 1 aromatic rings. The van der Waals surface area contributed by atoms with Crippen LogP contribution in [0.25, 0.3) is 0 Å². The highest BCUT2D eigenvalue weighted by Gasteiger charge is 2.13. The highest BCUT2D eigenvalue weighted by molar-refractivity contribution is 6.30. The van der Waals surface area contributed by atoms with E-state index < -0.39 is 6.10 Å². The minimum absolute atomic E-state index is 0.486. The van der Waals surface area contributed by atoms with Gasteiger partial charge in [-0.3, -0.25) is 0 Å². The maximum Gasteiger partial charge on any atom is 0.124 e. The molecule has 0 heterocycles. The average molecular weight is 271 g/mol. The summed E-state index contributed by atoms with van der Waals surface area (Å²) in [5.74, 6) is 0.709. The molecule has 0 aliphatic carbocycles. The van der Waals surface area contributed by atoms with Crippen molar-refractivity contribution in [1.29, 1.82) is 0 Å². The first-order chi connectivity index (χ1) is 8.69. The number of unbranched alkanes of at least 4 members (excludes halogenated alkanes) is 4. The summed E-state index contributed by atoms with van der Waals surface area (Å²) in [5, 5.41) is 10.8. The molecule has 2 nitrogen and oxygen atoms in total. The lowest BCUT2D eigenvalue weighted by Crippen LogP contribution is -2.01. The Kier molecular flexibility index (Phi) is 7.14. The van der Waals surface area contributed by atoms with Crippen LogP contribution in [0.5, 0.6) is 5.75 Å². The van der Waals surface area contributed by atoms with E-state index in [0.29, 0.717) is 10.8 Å². The molecular formula is C15H23ClO2. The van der Waals surface area contributed by atoms with Gasteiger partial charge in [0.15, 0.2) is 0 Å². The summed E-state index contributed by atoms with van der Waals surface area (Å²) in [7, 11) is 1.61. The fourth-order valence-electron chi connectivity index (χ4n) is 2.06. The predicted octanol–water partition coefficient (Wildman–Crippen LogP) is 4.74. The van der Waals surface area contributed by atoms with Crippen LogP contribution in [0, 0.1) is 0 Å². The number of benzene rings is 1. The summed E-state index contributed by atoms with van der Waals surface area (Å²) in [4.78, 5) is 0. The quantitative estimate of drug-likeness (QED) is 0.691. The molecule has 0 saturated carbocycles. The summed E-state index contributed by atoms with van der Waals surface area (Å²) < 4.78 is 5.25. The van der Waals surface area contributed by atoms with E-state index in [9.17, 15) is 5.11 Å². The molecule has 0 fully saturated rings. The summed E-state index contributed by atoms with van der Waals surface area (Å²) >= 11 is 5.95. The monoisotopic (exact) mass is 270 g/mol. The van der Waals surface area contributed by atoms with Crippen LogP contribution >= 0.6 is 11.6 Å². The number of halogens is 1. The van der Waals surface area contributed by atoms with E-state index in [2.05, 4.69) is 6.92 Å². The van der Waals surface area contributed by atoms with Gasteiger partial charge in [0.05, 0.1) is 13.2 Å². The zero-order valence-corrected chi connectivity index (χ0v) is 12.0. The van der Waals surface area contributed by atoms with Crippen molar-refractivity contribution in [2.75, 3.05) is 7.11 Å². The molecule has 1 atom stereocenters. The van der Waals surface area contributed by atoms with Crippen LogP contribution in [0.3, 0.4) is 0 Å². The lowest BCUT2D eigenvalue weighted by atomic mass is 10.0. The Morgan fingerprint density at radius 1 is 1.22 bits per heavy atom. The first-order valence-electron chi connectivity index (χ1n) is 6.70. The van der Waals surface area contributed by atoms with Crippen LogP contribution in [0.2, 0.25) is 5.02 Å². The van der Waals surface area contributed by atoms with Gasteiger partial charge in [-0.25, -0.2) is 0 Å². The second-order valence-corrected chi connectivity index (χ2v) is 5.04. The van der Waals surface area contributed by atoms with Crippen molar-refractivity contribution in [3.63, 3.8) is 0 Å². The third-order valence-corrected chi connectivity index (χ3v) is 3.37. The fourth-order valence-corrected chi connectivity index (χ4v) is 2.24. The molecule has 3 heteroatoms. The Labute approximate surface area is 115 Å². The number of methoxy groups -OCH3 is 1. The maximum absolute atomic E-state index is 10.2. The van der Waals surface area contributed by atoms with Crippen LogP contribution in [-0.2, 0) is 0 Å². The van der Waals surface area contributed by atoms with E-state index in [1.165, 1.54) is 25.7 Å². The van der Waals surface area contributed by atoms with E-state index in [1.54, 1.807) is 25.3 Å². The summed E-state index contributed by atoms with van der Waals surface area (Å²) in [6.07, 6.45) is 6.25. The maximum atomic E-state index is 10.2. The molecule has 0 aliphatic heterocycles. The van der Waals surface area contributed by atoms with Gasteiger partial charge in [-0.1, -0.05) is 50.6 Å². The van der Waals surface area contributed by atoms with E-state index in [0.717, 1.165) is 18.4 Å². The molecule has 102 valence electrons. The molecule has 0 radical (unpaired) electrons. The molecule has 0 spiro atoms. The van der Waals surface area contributed by atoms with Gasteiger partial charge in [0.2, 0.25) is 0 Å². The van der Waals surface area contributed by atoms with Crippen molar-refractivity contribution in [2.45, 2.75) is 51.6 Å². The number of hydrogen-bond acceptors (Lipinski definition) is 2. The van der Waals surface area contributed by atoms with Crippen LogP contribution < -0.4 is 4.74 Å². The lowest BCUT2D eigenvalue weighted by Gasteiger charge is -2.15. The van der Waals surface area contributed by atoms with Gasteiger partial charge < -0.3 is 9.84 Å². The molecule has 1 aromatic carbocycles. The number of rotatable bonds is 8. The van der Waals surface area contributed by atoms with Crippen LogP contribution in [-0.4, -0.2) is 12.2 Å². The molecule has 0 saturated heterocycles. The van der Waals surface area contributed by atoms with E-state index in [4.69, 9.17) is 16.3 Å². The van der Waals surface area contributed by atoms with Crippen molar-refractivity contribution in [1.82, 2.24) is 0 Å². The van der Waals surface area contributed by atoms with Crippen LogP contribution in [0.4, 0.5) is 0 Å². The average Bonchev–Trinajstić information content (AvgIpc) is 2.38. The second kappa shape index (κ2) is 8.39. The molecule has 0 aromatic heterocycles. The highest BCUT2D eigenvalue weighted by Crippen LogP contribution is 2.31. The topological polar surface area (TPSA) is 29.5 Å². The minimum atomic E-state index is -0.486. The smallest absolute Gasteiger partial charge is 0.124 e. The predicted molar refractivity (Wildman–Crippen MR) is 76.3 cm³/mol. The molecule has 18 heavy (non-hydrogen) atoms. The van der Waals surface area contributed by atoms with Gasteiger partial charge in [-0.05, 0) is 24.6 Å². The minimum Gasteiger partial charge on any atom is -0.496 e. The van der Waals surface area contributed by atoms with Gasteiger partial charge in [-0.2, -0.15) is 0 Å². The van der Waals surface area contributed by atoms with Crippen molar-refractivity contribution in [2.24, 2.45) is 0 Å². The molecule has 0 amide bonds. The number of aliphatic hydroxyl groups is 1. The standard InChI is InChI=1S/C15H23ClO2/c1-3-4-5-6-7-8-14(17)13-11-12(16)9-10-15(13)18-2/h9-11,14,17H,3-8H2,1-2H3. The second-order valence-electron chi connectivity index (χ2n) is 4.60. The lowest BCUT2D eigenvalue weighted by molar-refractivity contribution is 0.159. The zero-order chi connectivity index (χ0) is 13.4. The molecule has 1 unspecified atom stereocenters. The molecule has 1 N–H and O–H groups in total. The van der Waals surface area contributed by atoms with Crippen molar-refractivity contribution in [3.05, 3.63) is 28.8 Å². The summed E-state index contributed by atoms with van der Waals surface area (Å²) in [6.45, 7) is 2.20. The Morgan fingerprint density at radius 3 is 2.61 bits per heavy atom. The summed E-state index contributed by atoms with van der Waals surface area (Å²) in [6, 6.07) is 5.37. The summed E-state index contributed by atoms with van der Waals surface area (Å²) in [5.41, 5.74) is 0.792. The molecule has 0 aliphatic rings. The largest absolute Gasteiger partial charge is 0.496 e. The van der Waals surface area contributed by atoms with Crippen molar-refractivity contribution >= 4 is 11.6 Å². The van der Waals surface area contributed by atoms with Crippen LogP contribution in [0.15, 0.2) is 18.2 Å². The number of ether oxygens (including phenoxy) is 1. The first-order valence-corrected chi connectivity index (χ1v) is 7.08. The van der Waals surface area contributed by atoms with Gasteiger partial charge in [-0.15, -0.1) is 0 Å². The number of aliphatic hydroxyl groups excluding tert-OH is 1. The third kappa shape index (κ3) is 4.87. The fraction of sp³-hybridized carbons (Fsp3) is 0.600. The zero-order valence-electron chi connectivity index (χ0n) is 11.3. The van der Waals surface area contributed by atoms with Crippen LogP contribution in [0.1, 0.15) is 57.1 Å². The Balaban J connectivity index is 2.49. The first kappa shape index (κ1) is 15.3. The SMILES string of the molecule is CCCCCCCC(O)c1cc(Cl)ccc1OC. The van der Waals surface area contributed by atoms with E-state index >= 15 is 0 Å². The molecular weight excluding hydrogens is 248 g/mol. The highest BCUT2D eigenvalue weighted by atomic mass is 35.5.